The molecule has 2 aromatic carbocycles. The normalized spacial score (nSPS) is 16.9. The van der Waals surface area contributed by atoms with Crippen LogP contribution in [0.15, 0.2) is 48.5 Å². The van der Waals surface area contributed by atoms with E-state index in [9.17, 15) is 0 Å². The third-order valence-electron chi connectivity index (χ3n) is 3.70. The predicted octanol–water partition coefficient (Wildman–Crippen LogP) is 3.91. The van der Waals surface area contributed by atoms with E-state index in [1.807, 2.05) is 0 Å². The Balaban J connectivity index is 1.83. The van der Waals surface area contributed by atoms with E-state index in [0.717, 1.165) is 25.0 Å². The van der Waals surface area contributed by atoms with E-state index in [1.165, 1.54) is 16.7 Å². The molecule has 0 spiro atoms. The molecule has 1 heteroatoms. The molecule has 1 heterocycles. The Hall–Kier alpha value is -2.04. The lowest BCUT2D eigenvalue weighted by Gasteiger charge is -2.21. The second kappa shape index (κ2) is 5.94. The zero-order valence-electron chi connectivity index (χ0n) is 11.7. The minimum atomic E-state index is -0.0919. The molecule has 0 saturated carbocycles. The van der Waals surface area contributed by atoms with E-state index >= 15 is 0 Å². The van der Waals surface area contributed by atoms with Crippen LogP contribution in [-0.2, 0) is 17.6 Å². The molecule has 1 aliphatic rings. The topological polar surface area (TPSA) is 9.23 Å². The van der Waals surface area contributed by atoms with Crippen LogP contribution < -0.4 is 0 Å². The summed E-state index contributed by atoms with van der Waals surface area (Å²) in [6.07, 6.45) is 1.96. The maximum absolute atomic E-state index is 5.80. The van der Waals surface area contributed by atoms with Crippen LogP contribution in [0.4, 0.5) is 0 Å². The minimum absolute atomic E-state index is 0.0919. The summed E-state index contributed by atoms with van der Waals surface area (Å²) in [4.78, 5) is 0. The Labute approximate surface area is 120 Å². The van der Waals surface area contributed by atoms with Crippen LogP contribution in [-0.4, -0.2) is 6.61 Å². The van der Waals surface area contributed by atoms with Crippen LogP contribution in [0, 0.1) is 11.8 Å². The minimum Gasteiger partial charge on any atom is -0.360 e. The summed E-state index contributed by atoms with van der Waals surface area (Å²) in [7, 11) is 0. The van der Waals surface area contributed by atoms with Gasteiger partial charge in [-0.05, 0) is 41.7 Å². The van der Waals surface area contributed by atoms with Crippen molar-refractivity contribution in [3.8, 4) is 11.8 Å². The lowest BCUT2D eigenvalue weighted by Crippen LogP contribution is -2.14. The summed E-state index contributed by atoms with van der Waals surface area (Å²) in [5, 5.41) is 0. The van der Waals surface area contributed by atoms with Crippen molar-refractivity contribution < 1.29 is 4.74 Å². The zero-order valence-corrected chi connectivity index (χ0v) is 11.7. The standard InChI is InChI=1S/C19H18O/c1-2-15-7-9-16(10-8-15)11-12-19-18-6-4-3-5-17(18)13-14-20-19/h3-10,19H,2,13-14H2,1H3. The van der Waals surface area contributed by atoms with Crippen LogP contribution in [0.2, 0.25) is 0 Å². The van der Waals surface area contributed by atoms with E-state index in [2.05, 4.69) is 67.3 Å². The Morgan fingerprint density at radius 3 is 2.70 bits per heavy atom. The second-order valence-electron chi connectivity index (χ2n) is 5.02. The molecular weight excluding hydrogens is 244 g/mol. The monoisotopic (exact) mass is 262 g/mol. The second-order valence-corrected chi connectivity index (χ2v) is 5.02. The third-order valence-corrected chi connectivity index (χ3v) is 3.70. The third kappa shape index (κ3) is 2.76. The molecule has 20 heavy (non-hydrogen) atoms. The molecule has 0 amide bonds. The van der Waals surface area contributed by atoms with Crippen molar-refractivity contribution in [3.63, 3.8) is 0 Å². The number of hydrogen-bond donors (Lipinski definition) is 0. The molecule has 0 saturated heterocycles. The smallest absolute Gasteiger partial charge is 0.144 e. The van der Waals surface area contributed by atoms with Crippen molar-refractivity contribution in [1.29, 1.82) is 0 Å². The highest BCUT2D eigenvalue weighted by molar-refractivity contribution is 5.41. The molecule has 1 aliphatic heterocycles. The van der Waals surface area contributed by atoms with Gasteiger partial charge < -0.3 is 4.74 Å². The molecular formula is C19H18O. The maximum atomic E-state index is 5.80. The first-order valence-electron chi connectivity index (χ1n) is 7.16. The quantitative estimate of drug-likeness (QED) is 0.708. The Morgan fingerprint density at radius 2 is 1.90 bits per heavy atom. The van der Waals surface area contributed by atoms with Crippen molar-refractivity contribution in [2.45, 2.75) is 25.9 Å². The first-order chi connectivity index (χ1) is 9.86. The number of ether oxygens (including phenoxy) is 1. The number of benzene rings is 2. The highest BCUT2D eigenvalue weighted by atomic mass is 16.5. The van der Waals surface area contributed by atoms with Crippen molar-refractivity contribution >= 4 is 0 Å². The fourth-order valence-electron chi connectivity index (χ4n) is 2.49. The summed E-state index contributed by atoms with van der Waals surface area (Å²) < 4.78 is 5.80. The summed E-state index contributed by atoms with van der Waals surface area (Å²) in [5.41, 5.74) is 4.97. The van der Waals surface area contributed by atoms with Gasteiger partial charge in [-0.15, -0.1) is 0 Å². The first-order valence-corrected chi connectivity index (χ1v) is 7.16. The van der Waals surface area contributed by atoms with Gasteiger partial charge >= 0.3 is 0 Å². The van der Waals surface area contributed by atoms with Crippen LogP contribution in [0.1, 0.15) is 35.3 Å². The molecule has 0 fully saturated rings. The van der Waals surface area contributed by atoms with Gasteiger partial charge in [0.25, 0.3) is 0 Å². The number of hydrogen-bond acceptors (Lipinski definition) is 1. The summed E-state index contributed by atoms with van der Waals surface area (Å²) in [6, 6.07) is 16.9. The van der Waals surface area contributed by atoms with E-state index in [1.54, 1.807) is 0 Å². The van der Waals surface area contributed by atoms with Gasteiger partial charge in [-0.1, -0.05) is 55.2 Å². The summed E-state index contributed by atoms with van der Waals surface area (Å²) >= 11 is 0. The van der Waals surface area contributed by atoms with E-state index in [-0.39, 0.29) is 6.10 Å². The van der Waals surface area contributed by atoms with Gasteiger partial charge in [0.15, 0.2) is 0 Å². The average Bonchev–Trinajstić information content (AvgIpc) is 2.53. The SMILES string of the molecule is CCc1ccc(C#CC2OCCc3ccccc32)cc1. The van der Waals surface area contributed by atoms with Crippen LogP contribution in [0.25, 0.3) is 0 Å². The summed E-state index contributed by atoms with van der Waals surface area (Å²) in [6.45, 7) is 2.92. The molecule has 0 aromatic heterocycles. The Kier molecular flexibility index (Phi) is 3.85. The Morgan fingerprint density at radius 1 is 1.10 bits per heavy atom. The molecule has 0 radical (unpaired) electrons. The van der Waals surface area contributed by atoms with E-state index in [4.69, 9.17) is 4.74 Å². The van der Waals surface area contributed by atoms with E-state index in [0.29, 0.717) is 0 Å². The predicted molar refractivity (Wildman–Crippen MR) is 81.5 cm³/mol. The van der Waals surface area contributed by atoms with Crippen molar-refractivity contribution in [2.24, 2.45) is 0 Å². The van der Waals surface area contributed by atoms with Gasteiger partial charge in [0.1, 0.15) is 6.10 Å². The highest BCUT2D eigenvalue weighted by Crippen LogP contribution is 2.26. The molecule has 0 N–H and O–H groups in total. The zero-order chi connectivity index (χ0) is 13.8. The van der Waals surface area contributed by atoms with Gasteiger partial charge in [-0.3, -0.25) is 0 Å². The molecule has 3 rings (SSSR count). The molecule has 2 aromatic rings. The molecule has 100 valence electrons. The lowest BCUT2D eigenvalue weighted by atomic mass is 9.98. The van der Waals surface area contributed by atoms with Crippen LogP contribution in [0.3, 0.4) is 0 Å². The van der Waals surface area contributed by atoms with Gasteiger partial charge in [0.2, 0.25) is 0 Å². The fourth-order valence-corrected chi connectivity index (χ4v) is 2.49. The Bertz CT molecular complexity index is 643. The number of rotatable bonds is 1. The molecule has 0 aliphatic carbocycles. The molecule has 1 unspecified atom stereocenters. The van der Waals surface area contributed by atoms with Crippen molar-refractivity contribution in [1.82, 2.24) is 0 Å². The van der Waals surface area contributed by atoms with E-state index < -0.39 is 0 Å². The first kappa shape index (κ1) is 13.0. The van der Waals surface area contributed by atoms with Gasteiger partial charge in [0.05, 0.1) is 6.61 Å². The van der Waals surface area contributed by atoms with Crippen molar-refractivity contribution in [2.75, 3.05) is 6.61 Å². The number of fused-ring (bicyclic) bond motifs is 1. The van der Waals surface area contributed by atoms with Gasteiger partial charge in [0, 0.05) is 5.56 Å². The highest BCUT2D eigenvalue weighted by Gasteiger charge is 2.17. The summed E-state index contributed by atoms with van der Waals surface area (Å²) in [5.74, 6) is 6.49. The average molecular weight is 262 g/mol. The molecule has 1 nitrogen and oxygen atoms in total. The largest absolute Gasteiger partial charge is 0.360 e. The lowest BCUT2D eigenvalue weighted by molar-refractivity contribution is 0.0814. The van der Waals surface area contributed by atoms with Gasteiger partial charge in [-0.25, -0.2) is 0 Å². The van der Waals surface area contributed by atoms with Crippen LogP contribution in [0.5, 0.6) is 0 Å². The maximum Gasteiger partial charge on any atom is 0.144 e. The fraction of sp³-hybridized carbons (Fsp3) is 0.263. The van der Waals surface area contributed by atoms with Crippen molar-refractivity contribution in [3.05, 3.63) is 70.8 Å². The number of aryl methyl sites for hydroxylation is 1. The van der Waals surface area contributed by atoms with Crippen LogP contribution >= 0.6 is 0 Å². The molecule has 1 atom stereocenters. The molecule has 0 bridgehead atoms. The van der Waals surface area contributed by atoms with Gasteiger partial charge in [-0.2, -0.15) is 0 Å².